The van der Waals surface area contributed by atoms with Crippen LogP contribution >= 0.6 is 22.9 Å². The molecular formula is C88H94ClFN4O18S2Si. The lowest BCUT2D eigenvalue weighted by Gasteiger charge is -2.44. The number of carbonyl (C=O) groups is 1. The summed E-state index contributed by atoms with van der Waals surface area (Å²) in [7, 11) is 2.58. The van der Waals surface area contributed by atoms with Crippen molar-refractivity contribution in [2.45, 2.75) is 126 Å². The van der Waals surface area contributed by atoms with Crippen molar-refractivity contribution in [2.75, 3.05) is 69.1 Å². The van der Waals surface area contributed by atoms with Gasteiger partial charge in [0.2, 0.25) is 20.3 Å². The van der Waals surface area contributed by atoms with Crippen molar-refractivity contribution in [1.29, 1.82) is 0 Å². The number of aryl methyl sites for hydroxylation is 1. The molecule has 7 atom stereocenters. The summed E-state index contributed by atoms with van der Waals surface area (Å²) in [6.45, 7) is 15.4. The molecule has 8 aromatic carbocycles. The number of benzene rings is 8. The van der Waals surface area contributed by atoms with Crippen molar-refractivity contribution in [3.8, 4) is 73.3 Å². The number of methoxy groups -OCH3 is 6. The molecule has 1 fully saturated rings. The van der Waals surface area contributed by atoms with E-state index in [-0.39, 0.29) is 59.4 Å². The average molecular weight is 1640 g/mol. The van der Waals surface area contributed by atoms with Gasteiger partial charge in [0.1, 0.15) is 107 Å². The van der Waals surface area contributed by atoms with Crippen molar-refractivity contribution in [3.63, 3.8) is 0 Å². The van der Waals surface area contributed by atoms with Gasteiger partial charge in [-0.25, -0.2) is 29.1 Å². The van der Waals surface area contributed by atoms with Crippen molar-refractivity contribution in [3.05, 3.63) is 250 Å². The number of hydrogen-bond donors (Lipinski definition) is 0. The zero-order chi connectivity index (χ0) is 81.8. The second-order valence-electron chi connectivity index (χ2n) is 28.9. The minimum absolute atomic E-state index is 0.00830. The highest BCUT2D eigenvalue weighted by molar-refractivity contribution is 7.86. The molecule has 1 aliphatic heterocycles. The van der Waals surface area contributed by atoms with Crippen LogP contribution in [-0.2, 0) is 70.9 Å². The van der Waals surface area contributed by atoms with Crippen LogP contribution in [0.5, 0.6) is 40.4 Å². The van der Waals surface area contributed by atoms with Crippen LogP contribution < -0.4 is 32.8 Å². The van der Waals surface area contributed by atoms with E-state index in [1.165, 1.54) is 49.0 Å². The Morgan fingerprint density at radius 3 is 1.97 bits per heavy atom. The number of carbonyl (C=O) groups excluding carboxylic acids is 1. The third-order valence-corrected chi connectivity index (χ3v) is 27.8. The molecule has 0 bridgehead atoms. The van der Waals surface area contributed by atoms with Gasteiger partial charge in [-0.2, -0.15) is 8.42 Å². The molecule has 1 aliphatic rings. The molecule has 0 saturated carbocycles. The van der Waals surface area contributed by atoms with Crippen LogP contribution in [0.3, 0.4) is 0 Å². The summed E-state index contributed by atoms with van der Waals surface area (Å²) in [5.74, 6) is 2.11. The molecule has 22 nitrogen and oxygen atoms in total. The number of ether oxygens (including phenoxy) is 13. The van der Waals surface area contributed by atoms with Crippen molar-refractivity contribution in [2.24, 2.45) is 0 Å². The number of esters is 1. The fourth-order valence-electron chi connectivity index (χ4n) is 13.4. The minimum Gasteiger partial charge on any atom is -0.543 e. The highest BCUT2D eigenvalue weighted by atomic mass is 35.5. The Morgan fingerprint density at radius 2 is 1.32 bits per heavy atom. The summed E-state index contributed by atoms with van der Waals surface area (Å²) in [4.78, 5) is 35.0. The first-order chi connectivity index (χ1) is 55.3. The van der Waals surface area contributed by atoms with Crippen LogP contribution in [0.25, 0.3) is 43.2 Å². The fraction of sp³-hybridized carbons (Fsp3) is 0.330. The minimum atomic E-state index is -4.39. The van der Waals surface area contributed by atoms with Gasteiger partial charge in [-0.15, -0.1) is 11.3 Å². The van der Waals surface area contributed by atoms with E-state index in [0.717, 1.165) is 11.1 Å². The molecule has 0 unspecified atom stereocenters. The second-order valence-corrected chi connectivity index (χ2v) is 36.6. The summed E-state index contributed by atoms with van der Waals surface area (Å²) in [6.07, 6.45) is -2.57. The highest BCUT2D eigenvalue weighted by Crippen LogP contribution is 2.51. The van der Waals surface area contributed by atoms with Gasteiger partial charge in [0.15, 0.2) is 12.1 Å². The lowest BCUT2D eigenvalue weighted by Crippen LogP contribution is -2.61. The topological polar surface area (TPSA) is 241 Å². The first-order valence-corrected chi connectivity index (χ1v) is 42.9. The Bertz CT molecular complexity index is 5190. The Kier molecular flexibility index (Phi) is 27.4. The van der Waals surface area contributed by atoms with E-state index in [2.05, 4.69) is 38.8 Å². The average Bonchev–Trinajstić information content (AvgIpc) is 1.71. The zero-order valence-electron chi connectivity index (χ0n) is 66.5. The normalized spacial score (nSPS) is 16.5. The lowest BCUT2D eigenvalue weighted by atomic mass is 9.80. The van der Waals surface area contributed by atoms with Gasteiger partial charge < -0.3 is 66.0 Å². The Morgan fingerprint density at radius 1 is 0.661 bits per heavy atom. The number of fused-ring (bicyclic) bond motifs is 1. The fourth-order valence-corrected chi connectivity index (χ4v) is 16.7. The maximum Gasteiger partial charge on any atom is 0.347 e. The van der Waals surface area contributed by atoms with E-state index in [1.807, 2.05) is 129 Å². The molecule has 604 valence electrons. The molecule has 12 rings (SSSR count). The lowest BCUT2D eigenvalue weighted by molar-refractivity contribution is -0.305. The van der Waals surface area contributed by atoms with Gasteiger partial charge in [-0.3, -0.25) is 4.18 Å². The third kappa shape index (κ3) is 19.3. The van der Waals surface area contributed by atoms with Crippen LogP contribution in [-0.4, -0.2) is 155 Å². The number of hydrogen-bond acceptors (Lipinski definition) is 23. The van der Waals surface area contributed by atoms with Crippen molar-refractivity contribution in [1.82, 2.24) is 19.9 Å². The molecule has 11 aromatic rings. The SMILES string of the molecule is CCOC(=O)[C@@H](Cc1cc(O[Si](C)(C)C(C)(C)C)ccc1OCc1ccnc(-c2cccc(OC[C@H]3O[C@H](OC)[C@@H](OC)[C@@H](OC)[C@@H]3OC)c2)n1)Oc1ncnc2sc(-c3ccc(F)cc3)c(-c3ccc(O[C@H](COC(c4ccccc4)(c4ccc(OC)cc4)c4ccc(OC)cc4)COS(=O)(=O)c4ccc(C)cc4)c(Cl)c3C)c12. The quantitative estimate of drug-likeness (QED) is 0.0155. The van der Waals surface area contributed by atoms with Crippen molar-refractivity contribution < 1.29 is 87.8 Å². The Labute approximate surface area is 680 Å². The number of rotatable bonds is 35. The first kappa shape index (κ1) is 84.5. The van der Waals surface area contributed by atoms with Gasteiger partial charge in [0, 0.05) is 62.6 Å². The molecular weight excluding hydrogens is 1550 g/mol. The molecule has 115 heavy (non-hydrogen) atoms. The zero-order valence-corrected chi connectivity index (χ0v) is 69.9. The molecule has 27 heteroatoms. The first-order valence-electron chi connectivity index (χ1n) is 37.4. The van der Waals surface area contributed by atoms with Crippen molar-refractivity contribution >= 4 is 57.6 Å². The molecule has 1 saturated heterocycles. The van der Waals surface area contributed by atoms with Gasteiger partial charge in [-0.1, -0.05) is 135 Å². The molecule has 0 N–H and O–H groups in total. The van der Waals surface area contributed by atoms with E-state index in [1.54, 1.807) is 97.2 Å². The predicted octanol–water partition coefficient (Wildman–Crippen LogP) is 17.4. The van der Waals surface area contributed by atoms with Crippen LogP contribution in [0.15, 0.2) is 205 Å². The van der Waals surface area contributed by atoms with E-state index in [0.29, 0.717) is 99.9 Å². The van der Waals surface area contributed by atoms with Gasteiger partial charge in [-0.05, 0) is 163 Å². The van der Waals surface area contributed by atoms with Crippen LogP contribution in [0.1, 0.15) is 66.8 Å². The molecule has 3 aromatic heterocycles. The summed E-state index contributed by atoms with van der Waals surface area (Å²) in [6, 6.07) is 55.1. The number of halogens is 2. The van der Waals surface area contributed by atoms with Gasteiger partial charge in [0.05, 0.1) is 48.4 Å². The maximum atomic E-state index is 15.0. The van der Waals surface area contributed by atoms with Crippen LogP contribution in [0.4, 0.5) is 4.39 Å². The molecule has 4 heterocycles. The smallest absolute Gasteiger partial charge is 0.347 e. The summed E-state index contributed by atoms with van der Waals surface area (Å²) >= 11 is 8.95. The number of thiophene rings is 1. The molecule has 0 radical (unpaired) electrons. The standard InChI is InChI=1S/C88H94ClFN4O18S2Si/c1-15-104-85(95)73(48-58-47-67(112-115(13,14)87(4,5)6)38-42-71(58)106-49-63-44-45-91-82(94-63)57-20-19-23-66(46-57)105-52-74-78(100-9)79(101-10)80(102-11)86(103-12)111-74)110-83-76-75(81(113-84(76)93-53-92-83)56-26-32-62(90)33-27-56)70-41-43-72(77(89)55(70)3)109-68(51-108-114(96,97)69-39-24-54(2)25-40-69)50-107-88(59-21-17-16-18-22-59,60-28-34-64(98-7)35-29-60)61-30-36-65(99-8)37-31-61/h16-47,53,68,73-74,78-80,86H,15,48-52H2,1-14H3/t68-,73-,74-,78-,79+,80+,86+/m1/s1. The summed E-state index contributed by atoms with van der Waals surface area (Å²) < 4.78 is 137. The summed E-state index contributed by atoms with van der Waals surface area (Å²) in [5, 5.41) is 0.342. The molecule has 0 spiro atoms. The second kappa shape index (κ2) is 37.3. The molecule has 0 amide bonds. The number of nitrogens with zero attached hydrogens (tertiary/aromatic N) is 4. The largest absolute Gasteiger partial charge is 0.543 e. The number of aromatic nitrogens is 4. The van der Waals surface area contributed by atoms with E-state index in [4.69, 9.17) is 96.7 Å². The van der Waals surface area contributed by atoms with Gasteiger partial charge >= 0.3 is 5.97 Å². The van der Waals surface area contributed by atoms with E-state index < -0.39 is 85.3 Å². The van der Waals surface area contributed by atoms with Crippen LogP contribution in [0, 0.1) is 19.7 Å². The maximum absolute atomic E-state index is 15.0. The molecule has 0 aliphatic carbocycles. The summed E-state index contributed by atoms with van der Waals surface area (Å²) in [5.41, 5.74) is 5.58. The van der Waals surface area contributed by atoms with Crippen LogP contribution in [0.2, 0.25) is 23.2 Å². The van der Waals surface area contributed by atoms with E-state index in [9.17, 15) is 13.2 Å². The monoisotopic (exact) mass is 1640 g/mol. The van der Waals surface area contributed by atoms with E-state index >= 15 is 4.39 Å². The third-order valence-electron chi connectivity index (χ3n) is 20.5. The Hall–Kier alpha value is -9.94. The Balaban J connectivity index is 0.886. The van der Waals surface area contributed by atoms with Gasteiger partial charge in [0.25, 0.3) is 10.1 Å². The highest BCUT2D eigenvalue weighted by Gasteiger charge is 2.48. The predicted molar refractivity (Wildman–Crippen MR) is 439 cm³/mol.